The highest BCUT2D eigenvalue weighted by Crippen LogP contribution is 2.22. The van der Waals surface area contributed by atoms with Gasteiger partial charge < -0.3 is 14.2 Å². The van der Waals surface area contributed by atoms with E-state index < -0.39 is 0 Å². The molecule has 1 fully saturated rings. The van der Waals surface area contributed by atoms with Crippen molar-refractivity contribution in [2.75, 3.05) is 13.2 Å². The Kier molecular flexibility index (Phi) is 3.25. The van der Waals surface area contributed by atoms with Gasteiger partial charge in [0.15, 0.2) is 0 Å². The van der Waals surface area contributed by atoms with Gasteiger partial charge in [-0.05, 0) is 0 Å². The molecule has 0 aromatic carbocycles. The van der Waals surface area contributed by atoms with Gasteiger partial charge in [-0.2, -0.15) is 0 Å². The van der Waals surface area contributed by atoms with Crippen molar-refractivity contribution < 1.29 is 23.8 Å². The molecule has 13 heavy (non-hydrogen) atoms. The third kappa shape index (κ3) is 3.89. The topological polar surface area (TPSA) is 65.1 Å². The fourth-order valence-electron chi connectivity index (χ4n) is 0.871. The minimum absolute atomic E-state index is 0.108. The maximum Gasteiger partial charge on any atom is 0.302 e. The Hall–Kier alpha value is -1.10. The Morgan fingerprint density at radius 1 is 1.08 bits per heavy atom. The number of rotatable bonds is 4. The predicted octanol–water partition coefficient (Wildman–Crippen LogP) is -0.120. The lowest BCUT2D eigenvalue weighted by Gasteiger charge is -1.98. The van der Waals surface area contributed by atoms with Gasteiger partial charge in [-0.1, -0.05) is 0 Å². The molecule has 0 aromatic heterocycles. The molecule has 0 amide bonds. The summed E-state index contributed by atoms with van der Waals surface area (Å²) in [5.41, 5.74) is 0. The Labute approximate surface area is 76.0 Å². The van der Waals surface area contributed by atoms with E-state index in [0.717, 1.165) is 0 Å². The first kappa shape index (κ1) is 9.98. The van der Waals surface area contributed by atoms with E-state index in [1.54, 1.807) is 0 Å². The molecule has 1 saturated heterocycles. The average Bonchev–Trinajstić information content (AvgIpc) is 2.76. The van der Waals surface area contributed by atoms with Crippen LogP contribution in [-0.2, 0) is 23.8 Å². The Balaban J connectivity index is 2.02. The van der Waals surface area contributed by atoms with Crippen molar-refractivity contribution in [1.29, 1.82) is 0 Å². The van der Waals surface area contributed by atoms with Crippen LogP contribution in [0.15, 0.2) is 0 Å². The van der Waals surface area contributed by atoms with Gasteiger partial charge in [0.1, 0.15) is 25.4 Å². The third-order valence-electron chi connectivity index (χ3n) is 1.59. The Bertz CT molecular complexity index is 191. The van der Waals surface area contributed by atoms with Crippen molar-refractivity contribution in [1.82, 2.24) is 0 Å². The summed E-state index contributed by atoms with van der Waals surface area (Å²) in [5.74, 6) is -0.663. The van der Waals surface area contributed by atoms with Crippen molar-refractivity contribution in [2.24, 2.45) is 0 Å². The van der Waals surface area contributed by atoms with Crippen LogP contribution in [0.2, 0.25) is 0 Å². The van der Waals surface area contributed by atoms with Crippen LogP contribution in [0.1, 0.15) is 13.8 Å². The second-order valence-electron chi connectivity index (χ2n) is 2.82. The largest absolute Gasteiger partial charge is 0.463 e. The summed E-state index contributed by atoms with van der Waals surface area (Å²) < 4.78 is 14.5. The van der Waals surface area contributed by atoms with Gasteiger partial charge in [0.2, 0.25) is 0 Å². The predicted molar refractivity (Wildman–Crippen MR) is 41.9 cm³/mol. The van der Waals surface area contributed by atoms with Crippen LogP contribution < -0.4 is 0 Å². The first-order chi connectivity index (χ1) is 6.09. The van der Waals surface area contributed by atoms with E-state index in [0.29, 0.717) is 0 Å². The fraction of sp³-hybridized carbons (Fsp3) is 0.750. The molecule has 0 aromatic rings. The molecule has 0 N–H and O–H groups in total. The number of hydrogen-bond donors (Lipinski definition) is 0. The summed E-state index contributed by atoms with van der Waals surface area (Å²) in [5, 5.41) is 0. The summed E-state index contributed by atoms with van der Waals surface area (Å²) in [6.07, 6.45) is -0.216. The van der Waals surface area contributed by atoms with Crippen LogP contribution in [0.5, 0.6) is 0 Å². The molecule has 1 aliphatic heterocycles. The van der Waals surface area contributed by atoms with Crippen LogP contribution in [0.3, 0.4) is 0 Å². The molecule has 1 rings (SSSR count). The molecule has 5 heteroatoms. The van der Waals surface area contributed by atoms with Crippen LogP contribution in [0.25, 0.3) is 0 Å². The second kappa shape index (κ2) is 4.23. The third-order valence-corrected chi connectivity index (χ3v) is 1.59. The summed E-state index contributed by atoms with van der Waals surface area (Å²) in [4.78, 5) is 20.8. The Morgan fingerprint density at radius 3 is 1.77 bits per heavy atom. The normalized spacial score (nSPS) is 25.1. The van der Waals surface area contributed by atoms with Crippen molar-refractivity contribution >= 4 is 11.9 Å². The van der Waals surface area contributed by atoms with Crippen molar-refractivity contribution in [2.45, 2.75) is 26.1 Å². The van der Waals surface area contributed by atoms with Gasteiger partial charge in [0.25, 0.3) is 0 Å². The van der Waals surface area contributed by atoms with Crippen LogP contribution >= 0.6 is 0 Å². The lowest BCUT2D eigenvalue weighted by molar-refractivity contribution is -0.142. The van der Waals surface area contributed by atoms with Crippen LogP contribution in [0, 0.1) is 0 Å². The first-order valence-corrected chi connectivity index (χ1v) is 4.02. The zero-order valence-electron chi connectivity index (χ0n) is 7.61. The van der Waals surface area contributed by atoms with Gasteiger partial charge >= 0.3 is 11.9 Å². The number of ether oxygens (including phenoxy) is 3. The summed E-state index contributed by atoms with van der Waals surface area (Å²) in [7, 11) is 0. The highest BCUT2D eigenvalue weighted by molar-refractivity contribution is 5.66. The number of epoxide rings is 1. The quantitative estimate of drug-likeness (QED) is 0.454. The first-order valence-electron chi connectivity index (χ1n) is 4.02. The highest BCUT2D eigenvalue weighted by Gasteiger charge is 2.40. The molecule has 5 nitrogen and oxygen atoms in total. The molecule has 1 heterocycles. The number of carbonyl (C=O) groups excluding carboxylic acids is 2. The standard InChI is InChI=1S/C8H12O5/c1-5(9)11-3-7-8(13-7)4-12-6(2)10/h7-8H,3-4H2,1-2H3. The van der Waals surface area contributed by atoms with Crippen LogP contribution in [0.4, 0.5) is 0 Å². The number of hydrogen-bond acceptors (Lipinski definition) is 5. The summed E-state index contributed by atoms with van der Waals surface area (Å²) >= 11 is 0. The van der Waals surface area contributed by atoms with Gasteiger partial charge in [-0.15, -0.1) is 0 Å². The maximum absolute atomic E-state index is 10.4. The monoisotopic (exact) mass is 188 g/mol. The van der Waals surface area contributed by atoms with Gasteiger partial charge in [-0.3, -0.25) is 9.59 Å². The number of esters is 2. The average molecular weight is 188 g/mol. The summed E-state index contributed by atoms with van der Waals surface area (Å²) in [6, 6.07) is 0. The van der Waals surface area contributed by atoms with E-state index >= 15 is 0 Å². The zero-order chi connectivity index (χ0) is 9.84. The molecule has 2 atom stereocenters. The second-order valence-corrected chi connectivity index (χ2v) is 2.82. The molecular weight excluding hydrogens is 176 g/mol. The lowest BCUT2D eigenvalue weighted by Crippen LogP contribution is -2.13. The SMILES string of the molecule is CC(=O)OCC1OC1COC(C)=O. The van der Waals surface area contributed by atoms with Crippen molar-refractivity contribution in [3.8, 4) is 0 Å². The van der Waals surface area contributed by atoms with Gasteiger partial charge in [0.05, 0.1) is 0 Å². The maximum atomic E-state index is 10.4. The minimum atomic E-state index is -0.332. The Morgan fingerprint density at radius 2 is 1.46 bits per heavy atom. The van der Waals surface area contributed by atoms with E-state index in [1.165, 1.54) is 13.8 Å². The van der Waals surface area contributed by atoms with Gasteiger partial charge in [-0.25, -0.2) is 0 Å². The molecular formula is C8H12O5. The van der Waals surface area contributed by atoms with Crippen molar-refractivity contribution in [3.05, 3.63) is 0 Å². The molecule has 0 spiro atoms. The molecule has 74 valence electrons. The zero-order valence-corrected chi connectivity index (χ0v) is 7.61. The highest BCUT2D eigenvalue weighted by atomic mass is 16.6. The van der Waals surface area contributed by atoms with Gasteiger partial charge in [0, 0.05) is 13.8 Å². The molecule has 0 bridgehead atoms. The molecule has 0 saturated carbocycles. The van der Waals surface area contributed by atoms with E-state index in [4.69, 9.17) is 14.2 Å². The lowest BCUT2D eigenvalue weighted by atomic mass is 10.3. The molecule has 2 unspecified atom stereocenters. The fourth-order valence-corrected chi connectivity index (χ4v) is 0.871. The molecule has 0 aliphatic carbocycles. The smallest absolute Gasteiger partial charge is 0.302 e. The molecule has 0 radical (unpaired) electrons. The van der Waals surface area contributed by atoms with Crippen LogP contribution in [-0.4, -0.2) is 37.4 Å². The van der Waals surface area contributed by atoms with E-state index in [-0.39, 0.29) is 37.4 Å². The van der Waals surface area contributed by atoms with E-state index in [9.17, 15) is 9.59 Å². The number of carbonyl (C=O) groups is 2. The summed E-state index contributed by atoms with van der Waals surface area (Å²) in [6.45, 7) is 3.15. The minimum Gasteiger partial charge on any atom is -0.463 e. The van der Waals surface area contributed by atoms with E-state index in [2.05, 4.69) is 0 Å². The van der Waals surface area contributed by atoms with E-state index in [1.807, 2.05) is 0 Å². The van der Waals surface area contributed by atoms with Crippen molar-refractivity contribution in [3.63, 3.8) is 0 Å². The molecule has 1 aliphatic rings.